The normalized spacial score (nSPS) is 16.0. The van der Waals surface area contributed by atoms with E-state index in [1.54, 1.807) is 6.92 Å². The van der Waals surface area contributed by atoms with E-state index < -0.39 is 12.1 Å². The van der Waals surface area contributed by atoms with Crippen LogP contribution in [0.2, 0.25) is 0 Å². The largest absolute Gasteiger partial charge is 0.391 e. The van der Waals surface area contributed by atoms with E-state index >= 15 is 0 Å². The Morgan fingerprint density at radius 1 is 1.64 bits per heavy atom. The zero-order valence-electron chi connectivity index (χ0n) is 7.42. The molecular formula is C8H17NO2. The number of ketones is 1. The molecule has 11 heavy (non-hydrogen) atoms. The predicted molar refractivity (Wildman–Crippen MR) is 44.4 cm³/mol. The summed E-state index contributed by atoms with van der Waals surface area (Å²) in [5, 5.41) is 12.1. The van der Waals surface area contributed by atoms with E-state index in [0.29, 0.717) is 0 Å². The highest BCUT2D eigenvalue weighted by Crippen LogP contribution is 1.93. The van der Waals surface area contributed by atoms with Crippen LogP contribution in [0.25, 0.3) is 0 Å². The smallest absolute Gasteiger partial charge is 0.149 e. The first-order valence-corrected chi connectivity index (χ1v) is 4.01. The van der Waals surface area contributed by atoms with Crippen molar-refractivity contribution in [2.75, 3.05) is 6.54 Å². The van der Waals surface area contributed by atoms with Gasteiger partial charge in [-0.05, 0) is 26.8 Å². The van der Waals surface area contributed by atoms with Gasteiger partial charge in [0.15, 0.2) is 0 Å². The first-order chi connectivity index (χ1) is 5.09. The van der Waals surface area contributed by atoms with E-state index in [1.807, 2.05) is 6.92 Å². The molecule has 0 fully saturated rings. The average Bonchev–Trinajstić information content (AvgIpc) is 1.87. The number of aliphatic hydroxyl groups excluding tert-OH is 1. The van der Waals surface area contributed by atoms with Gasteiger partial charge >= 0.3 is 0 Å². The van der Waals surface area contributed by atoms with Crippen molar-refractivity contribution in [3.05, 3.63) is 0 Å². The fraction of sp³-hybridized carbons (Fsp3) is 0.875. The Hall–Kier alpha value is -0.410. The fourth-order valence-corrected chi connectivity index (χ4v) is 0.954. The highest BCUT2D eigenvalue weighted by molar-refractivity contribution is 5.82. The molecule has 66 valence electrons. The lowest BCUT2D eigenvalue weighted by Gasteiger charge is -2.17. The number of rotatable bonds is 5. The number of nitrogens with one attached hydrogen (secondary N) is 1. The molecule has 0 rings (SSSR count). The summed E-state index contributed by atoms with van der Waals surface area (Å²) in [6.45, 7) is 5.90. The molecule has 0 aliphatic heterocycles. The van der Waals surface area contributed by atoms with Gasteiger partial charge in [0.05, 0.1) is 12.1 Å². The van der Waals surface area contributed by atoms with Gasteiger partial charge in [-0.3, -0.25) is 4.79 Å². The van der Waals surface area contributed by atoms with Gasteiger partial charge < -0.3 is 10.4 Å². The fourth-order valence-electron chi connectivity index (χ4n) is 0.954. The zero-order chi connectivity index (χ0) is 8.85. The number of hydrogen-bond donors (Lipinski definition) is 2. The second-order valence-corrected chi connectivity index (χ2v) is 2.78. The van der Waals surface area contributed by atoms with Crippen LogP contribution < -0.4 is 5.32 Å². The Morgan fingerprint density at radius 2 is 2.18 bits per heavy atom. The Balaban J connectivity index is 3.80. The predicted octanol–water partition coefficient (Wildman–Crippen LogP) is 0.324. The molecule has 0 heterocycles. The summed E-state index contributed by atoms with van der Waals surface area (Å²) in [6, 6.07) is -0.394. The monoisotopic (exact) mass is 159 g/mol. The molecule has 0 saturated heterocycles. The third kappa shape index (κ3) is 4.11. The Labute approximate surface area is 67.8 Å². The van der Waals surface area contributed by atoms with Gasteiger partial charge in [-0.25, -0.2) is 0 Å². The number of carbonyl (C=O) groups excluding carboxylic acids is 1. The molecule has 0 spiro atoms. The van der Waals surface area contributed by atoms with Crippen LogP contribution in [0.5, 0.6) is 0 Å². The molecule has 0 unspecified atom stereocenters. The summed E-state index contributed by atoms with van der Waals surface area (Å²) >= 11 is 0. The van der Waals surface area contributed by atoms with Crippen molar-refractivity contribution in [2.24, 2.45) is 0 Å². The Bertz CT molecular complexity index is 123. The maximum Gasteiger partial charge on any atom is 0.149 e. The average molecular weight is 159 g/mol. The maximum atomic E-state index is 10.9. The second-order valence-electron chi connectivity index (χ2n) is 2.78. The van der Waals surface area contributed by atoms with E-state index in [9.17, 15) is 4.79 Å². The van der Waals surface area contributed by atoms with Gasteiger partial charge in [0.2, 0.25) is 0 Å². The van der Waals surface area contributed by atoms with Crippen molar-refractivity contribution < 1.29 is 9.90 Å². The lowest BCUT2D eigenvalue weighted by atomic mass is 10.1. The number of Topliss-reactive ketones (excluding diaryl/α,β-unsaturated/α-hetero) is 1. The molecule has 0 aliphatic carbocycles. The van der Waals surface area contributed by atoms with Crippen molar-refractivity contribution in [1.29, 1.82) is 0 Å². The molecule has 0 bridgehead atoms. The van der Waals surface area contributed by atoms with Gasteiger partial charge in [0.1, 0.15) is 5.78 Å². The summed E-state index contributed by atoms with van der Waals surface area (Å²) in [5.41, 5.74) is 0. The van der Waals surface area contributed by atoms with Gasteiger partial charge in [0.25, 0.3) is 0 Å². The van der Waals surface area contributed by atoms with Crippen molar-refractivity contribution in [2.45, 2.75) is 39.3 Å². The summed E-state index contributed by atoms with van der Waals surface area (Å²) in [5.74, 6) is -0.00606. The van der Waals surface area contributed by atoms with Crippen molar-refractivity contribution >= 4 is 5.78 Å². The first-order valence-electron chi connectivity index (χ1n) is 4.01. The van der Waals surface area contributed by atoms with Crippen LogP contribution in [0.1, 0.15) is 27.2 Å². The van der Waals surface area contributed by atoms with Gasteiger partial charge in [-0.2, -0.15) is 0 Å². The van der Waals surface area contributed by atoms with Crippen LogP contribution >= 0.6 is 0 Å². The second kappa shape index (κ2) is 5.27. The van der Waals surface area contributed by atoms with Crippen LogP contribution in [-0.4, -0.2) is 29.6 Å². The molecule has 2 atom stereocenters. The molecule has 0 radical (unpaired) electrons. The topological polar surface area (TPSA) is 49.3 Å². The summed E-state index contributed by atoms with van der Waals surface area (Å²) in [7, 11) is 0. The van der Waals surface area contributed by atoms with Crippen LogP contribution in [-0.2, 0) is 4.79 Å². The third-order valence-corrected chi connectivity index (χ3v) is 1.53. The minimum Gasteiger partial charge on any atom is -0.391 e. The van der Waals surface area contributed by atoms with Crippen molar-refractivity contribution in [3.63, 3.8) is 0 Å². The Kier molecular flexibility index (Phi) is 5.07. The van der Waals surface area contributed by atoms with Gasteiger partial charge in [-0.15, -0.1) is 0 Å². The van der Waals surface area contributed by atoms with Crippen molar-refractivity contribution in [1.82, 2.24) is 5.32 Å². The molecule has 0 amide bonds. The quantitative estimate of drug-likeness (QED) is 0.607. The van der Waals surface area contributed by atoms with Crippen LogP contribution in [0.15, 0.2) is 0 Å². The SMILES string of the molecule is CCCN[C@H](C(C)=O)[C@@H](C)O. The van der Waals surface area contributed by atoms with E-state index in [0.717, 1.165) is 13.0 Å². The minimum atomic E-state index is -0.598. The summed E-state index contributed by atoms with van der Waals surface area (Å²) < 4.78 is 0. The molecule has 0 aromatic carbocycles. The number of carbonyl (C=O) groups is 1. The molecule has 2 N–H and O–H groups in total. The molecule has 0 aromatic heterocycles. The molecular weight excluding hydrogens is 142 g/mol. The number of hydrogen-bond acceptors (Lipinski definition) is 3. The van der Waals surface area contributed by atoms with E-state index in [1.165, 1.54) is 6.92 Å². The van der Waals surface area contributed by atoms with Crippen molar-refractivity contribution in [3.8, 4) is 0 Å². The summed E-state index contributed by atoms with van der Waals surface area (Å²) in [6.07, 6.45) is 0.371. The maximum absolute atomic E-state index is 10.9. The molecule has 0 aliphatic rings. The number of aliphatic hydroxyl groups is 1. The lowest BCUT2D eigenvalue weighted by molar-refractivity contribution is -0.121. The van der Waals surface area contributed by atoms with E-state index in [-0.39, 0.29) is 5.78 Å². The standard InChI is InChI=1S/C8H17NO2/c1-4-5-9-8(6(2)10)7(3)11/h6,8-10H,4-5H2,1-3H3/t6-,8+/m1/s1. The highest BCUT2D eigenvalue weighted by Gasteiger charge is 2.17. The zero-order valence-corrected chi connectivity index (χ0v) is 7.42. The van der Waals surface area contributed by atoms with E-state index in [2.05, 4.69) is 5.32 Å². The summed E-state index contributed by atoms with van der Waals surface area (Å²) in [4.78, 5) is 10.9. The first kappa shape index (κ1) is 10.6. The molecule has 0 aromatic rings. The third-order valence-electron chi connectivity index (χ3n) is 1.53. The molecule has 3 nitrogen and oxygen atoms in total. The van der Waals surface area contributed by atoms with Gasteiger partial charge in [0, 0.05) is 0 Å². The van der Waals surface area contributed by atoms with Crippen LogP contribution in [0, 0.1) is 0 Å². The molecule has 3 heteroatoms. The lowest BCUT2D eigenvalue weighted by Crippen LogP contribution is -2.43. The highest BCUT2D eigenvalue weighted by atomic mass is 16.3. The Morgan fingerprint density at radius 3 is 2.45 bits per heavy atom. The van der Waals surface area contributed by atoms with E-state index in [4.69, 9.17) is 5.11 Å². The van der Waals surface area contributed by atoms with Crippen LogP contribution in [0.4, 0.5) is 0 Å². The van der Waals surface area contributed by atoms with Gasteiger partial charge in [-0.1, -0.05) is 6.92 Å². The minimum absolute atomic E-state index is 0.00606. The van der Waals surface area contributed by atoms with Crippen LogP contribution in [0.3, 0.4) is 0 Å². The molecule has 0 saturated carbocycles.